The normalized spacial score (nSPS) is 18.1. The van der Waals surface area contributed by atoms with Crippen LogP contribution in [0.25, 0.3) is 0 Å². The molecule has 0 aliphatic heterocycles. The summed E-state index contributed by atoms with van der Waals surface area (Å²) < 4.78 is 0. The zero-order valence-corrected chi connectivity index (χ0v) is 11.1. The van der Waals surface area contributed by atoms with Crippen LogP contribution in [0.4, 0.5) is 4.79 Å². The molecule has 0 radical (unpaired) electrons. The highest BCUT2D eigenvalue weighted by atomic mass is 16.4. The van der Waals surface area contributed by atoms with Crippen LogP contribution < -0.4 is 10.6 Å². The minimum Gasteiger partial charge on any atom is -0.481 e. The van der Waals surface area contributed by atoms with Gasteiger partial charge < -0.3 is 15.7 Å². The van der Waals surface area contributed by atoms with Crippen molar-refractivity contribution >= 4 is 12.0 Å². The smallest absolute Gasteiger partial charge is 0.315 e. The summed E-state index contributed by atoms with van der Waals surface area (Å²) in [4.78, 5) is 22.1. The largest absolute Gasteiger partial charge is 0.481 e. The number of carboxylic acids is 1. The Hall–Kier alpha value is -1.26. The van der Waals surface area contributed by atoms with Crippen molar-refractivity contribution in [3.63, 3.8) is 0 Å². The molecule has 1 aliphatic carbocycles. The van der Waals surface area contributed by atoms with Crippen LogP contribution in [0.2, 0.25) is 0 Å². The molecule has 1 fully saturated rings. The van der Waals surface area contributed by atoms with E-state index >= 15 is 0 Å². The van der Waals surface area contributed by atoms with Crippen LogP contribution in [0, 0.1) is 0 Å². The summed E-state index contributed by atoms with van der Waals surface area (Å²) >= 11 is 0. The third-order valence-electron chi connectivity index (χ3n) is 3.72. The van der Waals surface area contributed by atoms with Gasteiger partial charge in [0.1, 0.15) is 0 Å². The molecule has 5 nitrogen and oxygen atoms in total. The number of nitrogens with one attached hydrogen (secondary N) is 2. The average molecular weight is 256 g/mol. The first-order valence-electron chi connectivity index (χ1n) is 6.86. The molecule has 0 bridgehead atoms. The van der Waals surface area contributed by atoms with Crippen molar-refractivity contribution in [3.8, 4) is 0 Å². The fourth-order valence-corrected chi connectivity index (χ4v) is 2.52. The Balaban J connectivity index is 2.26. The second-order valence-electron chi connectivity index (χ2n) is 5.07. The Kier molecular flexibility index (Phi) is 5.95. The summed E-state index contributed by atoms with van der Waals surface area (Å²) in [7, 11) is 0. The van der Waals surface area contributed by atoms with Crippen LogP contribution in [0.15, 0.2) is 0 Å². The molecular formula is C13H24N2O3. The Morgan fingerprint density at radius 3 is 2.44 bits per heavy atom. The maximum Gasteiger partial charge on any atom is 0.315 e. The number of amides is 2. The van der Waals surface area contributed by atoms with Gasteiger partial charge in [0.05, 0.1) is 0 Å². The van der Waals surface area contributed by atoms with Gasteiger partial charge in [-0.2, -0.15) is 0 Å². The summed E-state index contributed by atoms with van der Waals surface area (Å²) in [5.41, 5.74) is -0.0465. The van der Waals surface area contributed by atoms with Gasteiger partial charge >= 0.3 is 12.0 Å². The minimum absolute atomic E-state index is 0.0465. The lowest BCUT2D eigenvalue weighted by molar-refractivity contribution is -0.137. The lowest BCUT2D eigenvalue weighted by Crippen LogP contribution is -2.52. The van der Waals surface area contributed by atoms with E-state index in [1.165, 1.54) is 19.3 Å². The van der Waals surface area contributed by atoms with E-state index in [2.05, 4.69) is 17.6 Å². The second-order valence-corrected chi connectivity index (χ2v) is 5.07. The molecule has 1 rings (SSSR count). The first kappa shape index (κ1) is 14.8. The van der Waals surface area contributed by atoms with Crippen LogP contribution >= 0.6 is 0 Å². The van der Waals surface area contributed by atoms with Gasteiger partial charge in [0.2, 0.25) is 0 Å². The van der Waals surface area contributed by atoms with Crippen molar-refractivity contribution in [1.82, 2.24) is 10.6 Å². The Labute approximate surface area is 108 Å². The van der Waals surface area contributed by atoms with Gasteiger partial charge in [0.25, 0.3) is 0 Å². The van der Waals surface area contributed by atoms with Crippen molar-refractivity contribution in [3.05, 3.63) is 0 Å². The van der Waals surface area contributed by atoms with E-state index in [1.54, 1.807) is 0 Å². The molecule has 0 spiro atoms. The highest BCUT2D eigenvalue weighted by Gasteiger charge is 2.31. The SMILES string of the molecule is CCC1(NC(=O)NCCCC(=O)O)CCCCC1. The Morgan fingerprint density at radius 1 is 1.22 bits per heavy atom. The summed E-state index contributed by atoms with van der Waals surface area (Å²) in [5.74, 6) is -0.825. The lowest BCUT2D eigenvalue weighted by atomic mass is 9.80. The van der Waals surface area contributed by atoms with Crippen molar-refractivity contribution in [2.75, 3.05) is 6.54 Å². The maximum absolute atomic E-state index is 11.8. The van der Waals surface area contributed by atoms with Crippen molar-refractivity contribution in [2.45, 2.75) is 63.8 Å². The standard InChI is InChI=1S/C13H24N2O3/c1-2-13(8-4-3-5-9-13)15-12(18)14-10-6-7-11(16)17/h2-10H2,1H3,(H,16,17)(H2,14,15,18). The molecule has 5 heteroatoms. The van der Waals surface area contributed by atoms with E-state index in [9.17, 15) is 9.59 Å². The predicted octanol–water partition coefficient (Wildman–Crippen LogP) is 2.26. The molecule has 1 saturated carbocycles. The zero-order valence-electron chi connectivity index (χ0n) is 11.1. The Bertz CT molecular complexity index is 286. The van der Waals surface area contributed by atoms with Crippen LogP contribution in [0.1, 0.15) is 58.3 Å². The summed E-state index contributed by atoms with van der Waals surface area (Å²) in [6.07, 6.45) is 7.22. The molecule has 18 heavy (non-hydrogen) atoms. The van der Waals surface area contributed by atoms with E-state index in [4.69, 9.17) is 5.11 Å². The molecule has 0 aromatic carbocycles. The van der Waals surface area contributed by atoms with Crippen LogP contribution in [0.5, 0.6) is 0 Å². The van der Waals surface area contributed by atoms with Gasteiger partial charge in [-0.15, -0.1) is 0 Å². The fraction of sp³-hybridized carbons (Fsp3) is 0.846. The fourth-order valence-electron chi connectivity index (χ4n) is 2.52. The number of urea groups is 1. The average Bonchev–Trinajstić information content (AvgIpc) is 2.35. The minimum atomic E-state index is -0.825. The third-order valence-corrected chi connectivity index (χ3v) is 3.72. The van der Waals surface area contributed by atoms with Gasteiger partial charge in [-0.25, -0.2) is 4.79 Å². The lowest BCUT2D eigenvalue weighted by Gasteiger charge is -2.37. The second kappa shape index (κ2) is 7.24. The molecule has 0 aromatic heterocycles. The summed E-state index contributed by atoms with van der Waals surface area (Å²) in [6, 6.07) is -0.163. The van der Waals surface area contributed by atoms with E-state index in [-0.39, 0.29) is 18.0 Å². The van der Waals surface area contributed by atoms with Gasteiger partial charge in [-0.3, -0.25) is 4.79 Å². The number of aliphatic carboxylic acids is 1. The first-order chi connectivity index (χ1) is 8.58. The molecule has 0 aromatic rings. The summed E-state index contributed by atoms with van der Waals surface area (Å²) in [5, 5.41) is 14.3. The molecule has 104 valence electrons. The highest BCUT2D eigenvalue weighted by molar-refractivity contribution is 5.74. The first-order valence-corrected chi connectivity index (χ1v) is 6.86. The molecule has 3 N–H and O–H groups in total. The molecule has 0 unspecified atom stereocenters. The molecule has 0 atom stereocenters. The van der Waals surface area contributed by atoms with Crippen molar-refractivity contribution in [1.29, 1.82) is 0 Å². The molecular weight excluding hydrogens is 232 g/mol. The summed E-state index contributed by atoms with van der Waals surface area (Å²) in [6.45, 7) is 2.52. The van der Waals surface area contributed by atoms with Gasteiger partial charge in [-0.05, 0) is 25.7 Å². The number of carbonyl (C=O) groups is 2. The van der Waals surface area contributed by atoms with E-state index in [0.717, 1.165) is 19.3 Å². The topological polar surface area (TPSA) is 78.4 Å². The van der Waals surface area contributed by atoms with Gasteiger partial charge in [0, 0.05) is 18.5 Å². The molecule has 0 heterocycles. The highest BCUT2D eigenvalue weighted by Crippen LogP contribution is 2.30. The molecule has 0 saturated heterocycles. The molecule has 2 amide bonds. The van der Waals surface area contributed by atoms with Gasteiger partial charge in [0.15, 0.2) is 0 Å². The van der Waals surface area contributed by atoms with Crippen LogP contribution in [0.3, 0.4) is 0 Å². The number of hydrogen-bond donors (Lipinski definition) is 3. The van der Waals surface area contributed by atoms with Crippen molar-refractivity contribution in [2.24, 2.45) is 0 Å². The number of rotatable bonds is 6. The number of carboxylic acid groups (broad SMARTS) is 1. The Morgan fingerprint density at radius 2 is 1.89 bits per heavy atom. The molecule has 1 aliphatic rings. The number of carbonyl (C=O) groups excluding carboxylic acids is 1. The zero-order chi connectivity index (χ0) is 13.4. The third kappa shape index (κ3) is 4.94. The predicted molar refractivity (Wildman–Crippen MR) is 69.5 cm³/mol. The quantitative estimate of drug-likeness (QED) is 0.638. The monoisotopic (exact) mass is 256 g/mol. The van der Waals surface area contributed by atoms with E-state index in [0.29, 0.717) is 13.0 Å². The van der Waals surface area contributed by atoms with E-state index < -0.39 is 5.97 Å². The van der Waals surface area contributed by atoms with Crippen molar-refractivity contribution < 1.29 is 14.7 Å². The van der Waals surface area contributed by atoms with E-state index in [1.807, 2.05) is 0 Å². The maximum atomic E-state index is 11.8. The van der Waals surface area contributed by atoms with Crippen LogP contribution in [-0.2, 0) is 4.79 Å². The number of hydrogen-bond acceptors (Lipinski definition) is 2. The van der Waals surface area contributed by atoms with Gasteiger partial charge in [-0.1, -0.05) is 26.2 Å². The van der Waals surface area contributed by atoms with Crippen LogP contribution in [-0.4, -0.2) is 29.2 Å².